The number of aromatic nitrogens is 1. The highest BCUT2D eigenvalue weighted by molar-refractivity contribution is 6.30. The Bertz CT molecular complexity index is 683. The summed E-state index contributed by atoms with van der Waals surface area (Å²) in [6, 6.07) is 8.97. The lowest BCUT2D eigenvalue weighted by Gasteiger charge is -2.37. The van der Waals surface area contributed by atoms with Gasteiger partial charge >= 0.3 is 0 Å². The van der Waals surface area contributed by atoms with Gasteiger partial charge in [0.2, 0.25) is 0 Å². The Morgan fingerprint density at radius 3 is 2.87 bits per heavy atom. The fourth-order valence-electron chi connectivity index (χ4n) is 3.02. The average molecular weight is 334 g/mol. The number of hydrogen-bond donors (Lipinski definition) is 1. The highest BCUT2D eigenvalue weighted by Crippen LogP contribution is 2.26. The zero-order valence-electron chi connectivity index (χ0n) is 13.0. The number of carbonyl (C=O) groups excluding carboxylic acids is 1. The fraction of sp³-hybridized carbons (Fsp3) is 0.412. The van der Waals surface area contributed by atoms with Crippen molar-refractivity contribution >= 4 is 17.5 Å². The van der Waals surface area contributed by atoms with Crippen molar-refractivity contribution in [2.24, 2.45) is 11.7 Å². The molecule has 1 aromatic carbocycles. The Balaban J connectivity index is 1.79. The summed E-state index contributed by atoms with van der Waals surface area (Å²) >= 11 is 5.88. The molecule has 23 heavy (non-hydrogen) atoms. The normalized spacial score (nSPS) is 21.4. The maximum atomic E-state index is 12.7. The molecule has 1 amide bonds. The summed E-state index contributed by atoms with van der Waals surface area (Å²) in [6.07, 6.45) is 1.92. The van der Waals surface area contributed by atoms with Gasteiger partial charge in [0, 0.05) is 35.8 Å². The van der Waals surface area contributed by atoms with E-state index in [4.69, 9.17) is 21.9 Å². The lowest BCUT2D eigenvalue weighted by Crippen LogP contribution is -2.49. The third-order valence-corrected chi connectivity index (χ3v) is 4.62. The molecule has 0 bridgehead atoms. The minimum Gasteiger partial charge on any atom is -0.355 e. The molecule has 2 atom stereocenters. The Labute approximate surface area is 140 Å². The van der Waals surface area contributed by atoms with Gasteiger partial charge in [-0.15, -0.1) is 0 Å². The number of hydrogen-bond acceptors (Lipinski definition) is 4. The van der Waals surface area contributed by atoms with Gasteiger partial charge < -0.3 is 15.2 Å². The van der Waals surface area contributed by atoms with Gasteiger partial charge in [0.1, 0.15) is 0 Å². The van der Waals surface area contributed by atoms with Crippen LogP contribution in [0.15, 0.2) is 34.9 Å². The molecule has 0 saturated carbocycles. The molecule has 1 saturated heterocycles. The number of nitrogens with zero attached hydrogens (tertiary/aromatic N) is 2. The van der Waals surface area contributed by atoms with Crippen LogP contribution < -0.4 is 5.73 Å². The molecule has 2 heterocycles. The number of carbonyl (C=O) groups is 1. The summed E-state index contributed by atoms with van der Waals surface area (Å²) < 4.78 is 5.32. The van der Waals surface area contributed by atoms with Gasteiger partial charge in [0.15, 0.2) is 11.5 Å². The minimum atomic E-state index is -0.115. The first-order valence-corrected chi connectivity index (χ1v) is 8.20. The molecule has 6 heteroatoms. The number of amides is 1. The van der Waals surface area contributed by atoms with E-state index in [9.17, 15) is 4.79 Å². The second-order valence-corrected chi connectivity index (χ2v) is 6.54. The molecule has 1 fully saturated rings. The van der Waals surface area contributed by atoms with Crippen LogP contribution in [0.1, 0.15) is 30.3 Å². The fourth-order valence-corrected chi connectivity index (χ4v) is 3.14. The molecule has 5 nitrogen and oxygen atoms in total. The van der Waals surface area contributed by atoms with Crippen LogP contribution >= 0.6 is 11.6 Å². The average Bonchev–Trinajstić information content (AvgIpc) is 3.04. The minimum absolute atomic E-state index is 0.0712. The standard InChI is InChI=1S/C17H20ClN3O2/c1-11-6-7-21(14(8-11)10-19)17(22)15-9-16(23-20-15)12-2-4-13(18)5-3-12/h2-5,9,11,14H,6-8,10,19H2,1H3. The highest BCUT2D eigenvalue weighted by Gasteiger charge is 2.31. The maximum Gasteiger partial charge on any atom is 0.276 e. The predicted octanol–water partition coefficient (Wildman–Crippen LogP) is 3.19. The lowest BCUT2D eigenvalue weighted by atomic mass is 9.92. The van der Waals surface area contributed by atoms with E-state index in [0.29, 0.717) is 35.5 Å². The maximum absolute atomic E-state index is 12.7. The van der Waals surface area contributed by atoms with Crippen LogP contribution in [-0.4, -0.2) is 35.1 Å². The van der Waals surface area contributed by atoms with Crippen LogP contribution in [0.4, 0.5) is 0 Å². The second kappa shape index (κ2) is 6.72. The van der Waals surface area contributed by atoms with Gasteiger partial charge in [0.05, 0.1) is 0 Å². The summed E-state index contributed by atoms with van der Waals surface area (Å²) in [7, 11) is 0. The van der Waals surface area contributed by atoms with Crippen LogP contribution in [0.5, 0.6) is 0 Å². The molecule has 1 aromatic heterocycles. The van der Waals surface area contributed by atoms with Crippen molar-refractivity contribution in [3.8, 4) is 11.3 Å². The monoisotopic (exact) mass is 333 g/mol. The van der Waals surface area contributed by atoms with E-state index in [2.05, 4.69) is 12.1 Å². The van der Waals surface area contributed by atoms with Gasteiger partial charge in [-0.05, 0) is 43.0 Å². The van der Waals surface area contributed by atoms with E-state index in [1.807, 2.05) is 17.0 Å². The van der Waals surface area contributed by atoms with Crippen molar-refractivity contribution in [3.63, 3.8) is 0 Å². The second-order valence-electron chi connectivity index (χ2n) is 6.10. The Morgan fingerprint density at radius 1 is 1.43 bits per heavy atom. The molecule has 3 rings (SSSR count). The number of likely N-dealkylation sites (tertiary alicyclic amines) is 1. The third-order valence-electron chi connectivity index (χ3n) is 4.37. The van der Waals surface area contributed by atoms with Gasteiger partial charge in [-0.3, -0.25) is 4.79 Å². The van der Waals surface area contributed by atoms with E-state index in [1.165, 1.54) is 0 Å². The van der Waals surface area contributed by atoms with Gasteiger partial charge in [-0.2, -0.15) is 0 Å². The highest BCUT2D eigenvalue weighted by atomic mass is 35.5. The first-order chi connectivity index (χ1) is 11.1. The topological polar surface area (TPSA) is 72.4 Å². The Morgan fingerprint density at radius 2 is 2.17 bits per heavy atom. The summed E-state index contributed by atoms with van der Waals surface area (Å²) in [5.41, 5.74) is 6.99. The molecule has 2 aromatic rings. The molecule has 0 aliphatic carbocycles. The molecule has 2 unspecified atom stereocenters. The van der Waals surface area contributed by atoms with Gasteiger partial charge in [-0.1, -0.05) is 23.7 Å². The SMILES string of the molecule is CC1CCN(C(=O)c2cc(-c3ccc(Cl)cc3)on2)C(CN)C1. The quantitative estimate of drug-likeness (QED) is 0.936. The van der Waals surface area contributed by atoms with E-state index in [-0.39, 0.29) is 11.9 Å². The Hall–Kier alpha value is -1.85. The van der Waals surface area contributed by atoms with E-state index in [1.54, 1.807) is 18.2 Å². The molecule has 0 radical (unpaired) electrons. The summed E-state index contributed by atoms with van der Waals surface area (Å²) in [6.45, 7) is 3.38. The first-order valence-electron chi connectivity index (χ1n) is 7.82. The van der Waals surface area contributed by atoms with Crippen LogP contribution in [0.25, 0.3) is 11.3 Å². The van der Waals surface area contributed by atoms with Crippen LogP contribution in [0.2, 0.25) is 5.02 Å². The van der Waals surface area contributed by atoms with Crippen LogP contribution in [0.3, 0.4) is 0 Å². The van der Waals surface area contributed by atoms with E-state index in [0.717, 1.165) is 18.4 Å². The van der Waals surface area contributed by atoms with Gasteiger partial charge in [0.25, 0.3) is 5.91 Å². The number of halogens is 1. The Kier molecular flexibility index (Phi) is 4.68. The number of benzene rings is 1. The smallest absolute Gasteiger partial charge is 0.276 e. The van der Waals surface area contributed by atoms with Gasteiger partial charge in [-0.25, -0.2) is 0 Å². The molecular weight excluding hydrogens is 314 g/mol. The number of rotatable bonds is 3. The van der Waals surface area contributed by atoms with E-state index < -0.39 is 0 Å². The van der Waals surface area contributed by atoms with E-state index >= 15 is 0 Å². The molecule has 122 valence electrons. The third kappa shape index (κ3) is 3.41. The molecule has 1 aliphatic heterocycles. The van der Waals surface area contributed by atoms with Crippen molar-refractivity contribution < 1.29 is 9.32 Å². The van der Waals surface area contributed by atoms with Crippen LogP contribution in [-0.2, 0) is 0 Å². The molecule has 1 aliphatic rings. The van der Waals surface area contributed by atoms with Crippen molar-refractivity contribution in [2.75, 3.05) is 13.1 Å². The first kappa shape index (κ1) is 16.0. The summed E-state index contributed by atoms with van der Waals surface area (Å²) in [5.74, 6) is 1.03. The largest absolute Gasteiger partial charge is 0.355 e. The number of nitrogens with two attached hydrogens (primary N) is 1. The van der Waals surface area contributed by atoms with Crippen molar-refractivity contribution in [1.82, 2.24) is 10.1 Å². The zero-order chi connectivity index (χ0) is 16.4. The molecule has 2 N–H and O–H groups in total. The van der Waals surface area contributed by atoms with Crippen LogP contribution in [0, 0.1) is 5.92 Å². The predicted molar refractivity (Wildman–Crippen MR) is 89.2 cm³/mol. The van der Waals surface area contributed by atoms with Crippen molar-refractivity contribution in [1.29, 1.82) is 0 Å². The number of piperidine rings is 1. The van der Waals surface area contributed by atoms with Crippen molar-refractivity contribution in [2.45, 2.75) is 25.8 Å². The summed E-state index contributed by atoms with van der Waals surface area (Å²) in [5, 5.41) is 4.59. The summed E-state index contributed by atoms with van der Waals surface area (Å²) in [4.78, 5) is 14.5. The molecule has 0 spiro atoms. The van der Waals surface area contributed by atoms with Crippen molar-refractivity contribution in [3.05, 3.63) is 41.0 Å². The zero-order valence-corrected chi connectivity index (χ0v) is 13.8. The molecular formula is C17H20ClN3O2. The lowest BCUT2D eigenvalue weighted by molar-refractivity contribution is 0.0563.